The zero-order chi connectivity index (χ0) is 15.1. The van der Waals surface area contributed by atoms with Crippen molar-refractivity contribution in [2.75, 3.05) is 5.73 Å². The topological polar surface area (TPSA) is 38.9 Å². The average molecular weight is 329 g/mol. The standard InChI is InChI=1S/C18H17ClN2S/c19-12-8-6-11(7-9-12)16-10-15-18(22-16)17(20)13-4-2-1-3-5-14(13)21-15/h6-10H,1-5H2,(H2,20,21). The minimum absolute atomic E-state index is 0.759. The fraction of sp³-hybridized carbons (Fsp3) is 0.278. The van der Waals surface area contributed by atoms with Gasteiger partial charge < -0.3 is 5.73 Å². The molecule has 2 heterocycles. The highest BCUT2D eigenvalue weighted by Gasteiger charge is 2.17. The summed E-state index contributed by atoms with van der Waals surface area (Å²) in [6.45, 7) is 0. The molecule has 3 aromatic rings. The fourth-order valence-electron chi connectivity index (χ4n) is 3.18. The Morgan fingerprint density at radius 1 is 1.05 bits per heavy atom. The third-order valence-corrected chi connectivity index (χ3v) is 5.81. The lowest BCUT2D eigenvalue weighted by Gasteiger charge is -2.08. The molecule has 1 aliphatic rings. The molecule has 0 fully saturated rings. The second-order valence-corrected chi connectivity index (χ2v) is 7.33. The van der Waals surface area contributed by atoms with Crippen LogP contribution >= 0.6 is 22.9 Å². The van der Waals surface area contributed by atoms with E-state index in [2.05, 4.69) is 6.07 Å². The molecule has 0 spiro atoms. The van der Waals surface area contributed by atoms with Gasteiger partial charge in [-0.05, 0) is 55.0 Å². The number of hydrogen-bond acceptors (Lipinski definition) is 3. The first-order valence-corrected chi connectivity index (χ1v) is 8.88. The molecule has 0 aliphatic heterocycles. The highest BCUT2D eigenvalue weighted by molar-refractivity contribution is 7.22. The third-order valence-electron chi connectivity index (χ3n) is 4.36. The molecule has 4 heteroatoms. The average Bonchev–Trinajstić information content (AvgIpc) is 2.80. The number of nitrogen functional groups attached to an aromatic ring is 1. The summed E-state index contributed by atoms with van der Waals surface area (Å²) >= 11 is 7.71. The van der Waals surface area contributed by atoms with Crippen LogP contribution in [0.15, 0.2) is 30.3 Å². The van der Waals surface area contributed by atoms with Crippen LogP contribution in [0.3, 0.4) is 0 Å². The van der Waals surface area contributed by atoms with Crippen LogP contribution in [-0.2, 0) is 12.8 Å². The monoisotopic (exact) mass is 328 g/mol. The summed E-state index contributed by atoms with van der Waals surface area (Å²) in [5, 5.41) is 0.759. The lowest BCUT2D eigenvalue weighted by atomic mass is 10.1. The molecule has 2 N–H and O–H groups in total. The number of rotatable bonds is 1. The number of fused-ring (bicyclic) bond motifs is 2. The number of aromatic nitrogens is 1. The molecule has 0 amide bonds. The molecule has 0 unspecified atom stereocenters. The lowest BCUT2D eigenvalue weighted by Crippen LogP contribution is -2.01. The van der Waals surface area contributed by atoms with Crippen LogP contribution in [0, 0.1) is 0 Å². The van der Waals surface area contributed by atoms with Crippen LogP contribution in [0.1, 0.15) is 30.5 Å². The van der Waals surface area contributed by atoms with Crippen LogP contribution in [-0.4, -0.2) is 4.98 Å². The summed E-state index contributed by atoms with van der Waals surface area (Å²) in [7, 11) is 0. The first-order valence-electron chi connectivity index (χ1n) is 7.69. The molecule has 0 saturated carbocycles. The molecule has 0 radical (unpaired) electrons. The van der Waals surface area contributed by atoms with Gasteiger partial charge in [0.15, 0.2) is 0 Å². The van der Waals surface area contributed by atoms with Crippen LogP contribution in [0.4, 0.5) is 5.69 Å². The van der Waals surface area contributed by atoms with Crippen molar-refractivity contribution in [3.8, 4) is 10.4 Å². The maximum Gasteiger partial charge on any atom is 0.0840 e. The number of halogens is 1. The van der Waals surface area contributed by atoms with E-state index in [4.69, 9.17) is 22.3 Å². The molecule has 22 heavy (non-hydrogen) atoms. The molecular formula is C18H17ClN2S. The smallest absolute Gasteiger partial charge is 0.0840 e. The van der Waals surface area contributed by atoms with Crippen molar-refractivity contribution in [1.29, 1.82) is 0 Å². The Bertz CT molecular complexity index is 836. The number of thiophene rings is 1. The van der Waals surface area contributed by atoms with Crippen LogP contribution < -0.4 is 5.73 Å². The van der Waals surface area contributed by atoms with Gasteiger partial charge in [-0.2, -0.15) is 0 Å². The first-order chi connectivity index (χ1) is 10.7. The molecular weight excluding hydrogens is 312 g/mol. The molecule has 2 nitrogen and oxygen atoms in total. The zero-order valence-corrected chi connectivity index (χ0v) is 13.8. The number of nitrogens with zero attached hydrogens (tertiary/aromatic N) is 1. The summed E-state index contributed by atoms with van der Waals surface area (Å²) in [6.07, 6.45) is 5.85. The highest BCUT2D eigenvalue weighted by Crippen LogP contribution is 2.39. The minimum Gasteiger partial charge on any atom is -0.397 e. The maximum absolute atomic E-state index is 6.47. The third kappa shape index (κ3) is 2.38. The van der Waals surface area contributed by atoms with Gasteiger partial charge in [0.25, 0.3) is 0 Å². The van der Waals surface area contributed by atoms with Crippen molar-refractivity contribution in [3.05, 3.63) is 46.6 Å². The molecule has 1 aliphatic carbocycles. The Kier molecular flexibility index (Phi) is 3.55. The van der Waals surface area contributed by atoms with Crippen LogP contribution in [0.25, 0.3) is 20.7 Å². The number of nitrogens with two attached hydrogens (primary N) is 1. The van der Waals surface area contributed by atoms with E-state index in [9.17, 15) is 0 Å². The number of pyridine rings is 1. The SMILES string of the molecule is Nc1c2c(nc3cc(-c4ccc(Cl)cc4)sc13)CCCCC2. The predicted molar refractivity (Wildman–Crippen MR) is 95.7 cm³/mol. The second-order valence-electron chi connectivity index (χ2n) is 5.84. The second kappa shape index (κ2) is 5.56. The van der Waals surface area contributed by atoms with Gasteiger partial charge >= 0.3 is 0 Å². The van der Waals surface area contributed by atoms with Gasteiger partial charge in [-0.25, -0.2) is 0 Å². The lowest BCUT2D eigenvalue weighted by molar-refractivity contribution is 0.709. The Morgan fingerprint density at radius 2 is 1.82 bits per heavy atom. The Morgan fingerprint density at radius 3 is 2.64 bits per heavy atom. The molecule has 1 aromatic carbocycles. The zero-order valence-electron chi connectivity index (χ0n) is 12.2. The molecule has 4 rings (SSSR count). The number of benzene rings is 1. The Balaban J connectivity index is 1.87. The quantitative estimate of drug-likeness (QED) is 0.602. The van der Waals surface area contributed by atoms with Crippen molar-refractivity contribution in [2.45, 2.75) is 32.1 Å². The Hall–Kier alpha value is -1.58. The van der Waals surface area contributed by atoms with Crippen molar-refractivity contribution < 1.29 is 0 Å². The fourth-order valence-corrected chi connectivity index (χ4v) is 4.39. The van der Waals surface area contributed by atoms with Gasteiger partial charge in [-0.1, -0.05) is 30.2 Å². The number of aryl methyl sites for hydroxylation is 1. The minimum atomic E-state index is 0.759. The van der Waals surface area contributed by atoms with E-state index in [0.29, 0.717) is 0 Å². The van der Waals surface area contributed by atoms with E-state index < -0.39 is 0 Å². The molecule has 112 valence electrons. The summed E-state index contributed by atoms with van der Waals surface area (Å²) in [5.41, 5.74) is 12.1. The highest BCUT2D eigenvalue weighted by atomic mass is 35.5. The summed E-state index contributed by atoms with van der Waals surface area (Å²) in [6, 6.07) is 10.1. The molecule has 0 saturated heterocycles. The Labute approximate surface area is 138 Å². The van der Waals surface area contributed by atoms with E-state index >= 15 is 0 Å². The predicted octanol–water partition coefficient (Wildman–Crippen LogP) is 5.47. The number of anilines is 1. The van der Waals surface area contributed by atoms with Crippen LogP contribution in [0.2, 0.25) is 5.02 Å². The van der Waals surface area contributed by atoms with Crippen molar-refractivity contribution >= 4 is 38.8 Å². The molecule has 0 bridgehead atoms. The van der Waals surface area contributed by atoms with Gasteiger partial charge in [-0.15, -0.1) is 11.3 Å². The van der Waals surface area contributed by atoms with Gasteiger partial charge in [0.05, 0.1) is 15.9 Å². The van der Waals surface area contributed by atoms with E-state index in [1.807, 2.05) is 24.3 Å². The van der Waals surface area contributed by atoms with E-state index in [1.54, 1.807) is 11.3 Å². The summed E-state index contributed by atoms with van der Waals surface area (Å²) in [4.78, 5) is 6.10. The van der Waals surface area contributed by atoms with Crippen molar-refractivity contribution in [2.24, 2.45) is 0 Å². The largest absolute Gasteiger partial charge is 0.397 e. The van der Waals surface area contributed by atoms with Gasteiger partial charge in [-0.3, -0.25) is 4.98 Å². The molecule has 0 atom stereocenters. The van der Waals surface area contributed by atoms with Crippen LogP contribution in [0.5, 0.6) is 0 Å². The van der Waals surface area contributed by atoms with Crippen molar-refractivity contribution in [1.82, 2.24) is 4.98 Å². The maximum atomic E-state index is 6.47. The van der Waals surface area contributed by atoms with Crippen molar-refractivity contribution in [3.63, 3.8) is 0 Å². The van der Waals surface area contributed by atoms with E-state index in [-0.39, 0.29) is 0 Å². The molecule has 2 aromatic heterocycles. The first kappa shape index (κ1) is 14.0. The van der Waals surface area contributed by atoms with Gasteiger partial charge in [0.2, 0.25) is 0 Å². The number of hydrogen-bond donors (Lipinski definition) is 1. The summed E-state index contributed by atoms with van der Waals surface area (Å²) in [5.74, 6) is 0. The van der Waals surface area contributed by atoms with Gasteiger partial charge in [0, 0.05) is 15.6 Å². The summed E-state index contributed by atoms with van der Waals surface area (Å²) < 4.78 is 1.13. The normalized spacial score (nSPS) is 14.8. The van der Waals surface area contributed by atoms with E-state index in [0.717, 1.165) is 33.8 Å². The van der Waals surface area contributed by atoms with E-state index in [1.165, 1.54) is 41.0 Å². The van der Waals surface area contributed by atoms with Gasteiger partial charge in [0.1, 0.15) is 0 Å².